The number of amides is 1. The van der Waals surface area contributed by atoms with Crippen LogP contribution in [0.25, 0.3) is 0 Å². The van der Waals surface area contributed by atoms with Crippen molar-refractivity contribution in [2.75, 3.05) is 18.4 Å². The van der Waals surface area contributed by atoms with E-state index in [1.807, 2.05) is 12.1 Å². The molecular weight excluding hydrogens is 402 g/mol. The Kier molecular flexibility index (Phi) is 5.91. The summed E-state index contributed by atoms with van der Waals surface area (Å²) in [6.45, 7) is 1.60. The lowest BCUT2D eigenvalue weighted by Crippen LogP contribution is -2.35. The van der Waals surface area contributed by atoms with Crippen LogP contribution in [-0.4, -0.2) is 46.5 Å². The van der Waals surface area contributed by atoms with E-state index in [2.05, 4.69) is 15.4 Å². The van der Waals surface area contributed by atoms with E-state index < -0.39 is 15.9 Å². The summed E-state index contributed by atoms with van der Waals surface area (Å²) in [7, 11) is -3.59. The molecule has 1 saturated heterocycles. The van der Waals surface area contributed by atoms with E-state index in [1.54, 1.807) is 41.5 Å². The predicted molar refractivity (Wildman–Crippen MR) is 113 cm³/mol. The molecule has 30 heavy (non-hydrogen) atoms. The van der Waals surface area contributed by atoms with E-state index in [-0.39, 0.29) is 10.5 Å². The molecule has 1 aliphatic rings. The number of carbonyl (C=O) groups is 1. The Hall–Kier alpha value is -3.04. The summed E-state index contributed by atoms with van der Waals surface area (Å²) in [5.41, 5.74) is 1.32. The third-order valence-corrected chi connectivity index (χ3v) is 6.92. The molecule has 0 spiro atoms. The van der Waals surface area contributed by atoms with Gasteiger partial charge in [-0.05, 0) is 48.7 Å². The number of sulfonamides is 1. The zero-order valence-electron chi connectivity index (χ0n) is 16.4. The molecule has 9 heteroatoms. The van der Waals surface area contributed by atoms with Crippen molar-refractivity contribution in [1.82, 2.24) is 19.1 Å². The van der Waals surface area contributed by atoms with Gasteiger partial charge in [-0.25, -0.2) is 8.42 Å². The maximum Gasteiger partial charge on any atom is 0.256 e. The van der Waals surface area contributed by atoms with E-state index in [0.717, 1.165) is 24.8 Å². The minimum atomic E-state index is -3.59. The SMILES string of the molecule is O=C(Nc1ccn(Cc2ccncc2)n1)c1cccc(S(=O)(=O)N2CCCCC2)c1. The third-order valence-electron chi connectivity index (χ3n) is 5.03. The number of aromatic nitrogens is 3. The zero-order chi connectivity index (χ0) is 21.0. The highest BCUT2D eigenvalue weighted by atomic mass is 32.2. The van der Waals surface area contributed by atoms with Crippen LogP contribution in [0.15, 0.2) is 66.0 Å². The molecule has 1 aromatic carbocycles. The average Bonchev–Trinajstić information content (AvgIpc) is 3.21. The van der Waals surface area contributed by atoms with Crippen molar-refractivity contribution in [3.05, 3.63) is 72.2 Å². The number of pyridine rings is 1. The summed E-state index contributed by atoms with van der Waals surface area (Å²) in [5.74, 6) is -0.00166. The van der Waals surface area contributed by atoms with Gasteiger partial charge in [-0.15, -0.1) is 0 Å². The molecule has 3 heterocycles. The van der Waals surface area contributed by atoms with Gasteiger partial charge in [-0.1, -0.05) is 12.5 Å². The molecule has 2 aromatic heterocycles. The van der Waals surface area contributed by atoms with Gasteiger partial charge in [-0.3, -0.25) is 14.5 Å². The Morgan fingerprint density at radius 1 is 1.03 bits per heavy atom. The van der Waals surface area contributed by atoms with Crippen molar-refractivity contribution in [2.45, 2.75) is 30.7 Å². The first-order chi connectivity index (χ1) is 14.5. The number of hydrogen-bond acceptors (Lipinski definition) is 5. The van der Waals surface area contributed by atoms with Crippen LogP contribution in [0.3, 0.4) is 0 Å². The summed E-state index contributed by atoms with van der Waals surface area (Å²) in [4.78, 5) is 16.8. The highest BCUT2D eigenvalue weighted by molar-refractivity contribution is 7.89. The van der Waals surface area contributed by atoms with Gasteiger partial charge in [0.05, 0.1) is 11.4 Å². The van der Waals surface area contributed by atoms with E-state index in [0.29, 0.717) is 25.5 Å². The van der Waals surface area contributed by atoms with Gasteiger partial charge in [-0.2, -0.15) is 9.40 Å². The second-order valence-electron chi connectivity index (χ2n) is 7.20. The highest BCUT2D eigenvalue weighted by Crippen LogP contribution is 2.21. The molecular formula is C21H23N5O3S. The smallest absolute Gasteiger partial charge is 0.256 e. The van der Waals surface area contributed by atoms with Crippen molar-refractivity contribution in [3.63, 3.8) is 0 Å². The number of piperidine rings is 1. The molecule has 156 valence electrons. The largest absolute Gasteiger partial charge is 0.305 e. The van der Waals surface area contributed by atoms with Gasteiger partial charge in [0.25, 0.3) is 5.91 Å². The maximum atomic E-state index is 12.9. The fourth-order valence-corrected chi connectivity index (χ4v) is 5.00. The lowest BCUT2D eigenvalue weighted by molar-refractivity contribution is 0.102. The normalized spacial score (nSPS) is 15.1. The summed E-state index contributed by atoms with van der Waals surface area (Å²) in [6.07, 6.45) is 7.97. The van der Waals surface area contributed by atoms with E-state index in [9.17, 15) is 13.2 Å². The van der Waals surface area contributed by atoms with Gasteiger partial charge in [0.2, 0.25) is 10.0 Å². The van der Waals surface area contributed by atoms with Crippen molar-refractivity contribution in [3.8, 4) is 0 Å². The molecule has 0 radical (unpaired) electrons. The molecule has 1 N–H and O–H groups in total. The number of rotatable bonds is 6. The molecule has 1 amide bonds. The monoisotopic (exact) mass is 425 g/mol. The number of nitrogens with one attached hydrogen (secondary N) is 1. The Morgan fingerprint density at radius 2 is 1.80 bits per heavy atom. The number of benzene rings is 1. The molecule has 0 aliphatic carbocycles. The fourth-order valence-electron chi connectivity index (χ4n) is 3.43. The molecule has 0 bridgehead atoms. The van der Waals surface area contributed by atoms with Crippen molar-refractivity contribution in [2.24, 2.45) is 0 Å². The molecule has 0 saturated carbocycles. The zero-order valence-corrected chi connectivity index (χ0v) is 17.3. The first-order valence-corrected chi connectivity index (χ1v) is 11.3. The standard InChI is InChI=1S/C21H23N5O3S/c27-21(23-20-9-14-25(24-20)16-17-7-10-22-11-8-17)18-5-4-6-19(15-18)30(28,29)26-12-2-1-3-13-26/h4-11,14-15H,1-3,12-13,16H2,(H,23,24,27). The summed E-state index contributed by atoms with van der Waals surface area (Å²) in [5, 5.41) is 7.08. The van der Waals surface area contributed by atoms with Gasteiger partial charge >= 0.3 is 0 Å². The third kappa shape index (κ3) is 4.58. The topological polar surface area (TPSA) is 97.2 Å². The van der Waals surface area contributed by atoms with Crippen LogP contribution >= 0.6 is 0 Å². The number of carbonyl (C=O) groups excluding carboxylic acids is 1. The Balaban J connectivity index is 1.46. The molecule has 8 nitrogen and oxygen atoms in total. The molecule has 0 unspecified atom stereocenters. The first kappa shape index (κ1) is 20.2. The summed E-state index contributed by atoms with van der Waals surface area (Å²) < 4.78 is 28.9. The van der Waals surface area contributed by atoms with Crippen LogP contribution in [0, 0.1) is 0 Å². The minimum absolute atomic E-state index is 0.139. The Bertz CT molecular complexity index is 1120. The van der Waals surface area contributed by atoms with Crippen molar-refractivity contribution < 1.29 is 13.2 Å². The highest BCUT2D eigenvalue weighted by Gasteiger charge is 2.26. The van der Waals surface area contributed by atoms with Gasteiger partial charge in [0.15, 0.2) is 5.82 Å². The average molecular weight is 426 g/mol. The number of anilines is 1. The van der Waals surface area contributed by atoms with Crippen LogP contribution in [0.2, 0.25) is 0 Å². The summed E-state index contributed by atoms with van der Waals surface area (Å²) in [6, 6.07) is 11.6. The van der Waals surface area contributed by atoms with E-state index >= 15 is 0 Å². The molecule has 0 atom stereocenters. The second kappa shape index (κ2) is 8.76. The Morgan fingerprint density at radius 3 is 2.57 bits per heavy atom. The lowest BCUT2D eigenvalue weighted by atomic mass is 10.2. The second-order valence-corrected chi connectivity index (χ2v) is 9.14. The fraction of sp³-hybridized carbons (Fsp3) is 0.286. The van der Waals surface area contributed by atoms with Crippen LogP contribution in [0.5, 0.6) is 0 Å². The van der Waals surface area contributed by atoms with Gasteiger partial charge < -0.3 is 5.32 Å². The van der Waals surface area contributed by atoms with Crippen LogP contribution < -0.4 is 5.32 Å². The predicted octanol–water partition coefficient (Wildman–Crippen LogP) is 2.75. The number of nitrogens with zero attached hydrogens (tertiary/aromatic N) is 4. The molecule has 4 rings (SSSR count). The van der Waals surface area contributed by atoms with E-state index in [4.69, 9.17) is 0 Å². The minimum Gasteiger partial charge on any atom is -0.305 e. The Labute approximate surface area is 175 Å². The lowest BCUT2D eigenvalue weighted by Gasteiger charge is -2.26. The van der Waals surface area contributed by atoms with E-state index in [1.165, 1.54) is 16.4 Å². The first-order valence-electron chi connectivity index (χ1n) is 9.86. The van der Waals surface area contributed by atoms with Crippen LogP contribution in [-0.2, 0) is 16.6 Å². The van der Waals surface area contributed by atoms with Crippen molar-refractivity contribution in [1.29, 1.82) is 0 Å². The quantitative estimate of drug-likeness (QED) is 0.655. The number of hydrogen-bond donors (Lipinski definition) is 1. The maximum absolute atomic E-state index is 12.9. The van der Waals surface area contributed by atoms with Gasteiger partial charge in [0, 0.05) is 43.3 Å². The van der Waals surface area contributed by atoms with Crippen LogP contribution in [0.4, 0.5) is 5.82 Å². The van der Waals surface area contributed by atoms with Crippen LogP contribution in [0.1, 0.15) is 35.2 Å². The molecule has 1 fully saturated rings. The molecule has 3 aromatic rings. The summed E-state index contributed by atoms with van der Waals surface area (Å²) >= 11 is 0. The van der Waals surface area contributed by atoms with Gasteiger partial charge in [0.1, 0.15) is 0 Å². The molecule has 1 aliphatic heterocycles. The van der Waals surface area contributed by atoms with Crippen molar-refractivity contribution >= 4 is 21.7 Å².